The fourth-order valence-corrected chi connectivity index (χ4v) is 4.96. The smallest absolute Gasteiger partial charge is 0.337 e. The average molecular weight is 462 g/mol. The number of pyridine rings is 1. The standard InChI is InChI=1S/C26H31N5O3/c1-16-14-21(18(3)27-22-7-5-4-6-20(22)26(33)34)24-28-23(17(2)25(32)31(24)15-16)30-12-10-29(11-13-30)19-8-9-19/h4-7,14-15,18-19,27H,8-13H2,1-3H3,(H,33,34)/t18-/m1/s1. The summed E-state index contributed by atoms with van der Waals surface area (Å²) in [5.41, 5.74) is 3.74. The summed E-state index contributed by atoms with van der Waals surface area (Å²) < 4.78 is 1.63. The minimum atomic E-state index is -0.984. The summed E-state index contributed by atoms with van der Waals surface area (Å²) in [6.45, 7) is 9.49. The Hall–Kier alpha value is -3.39. The van der Waals surface area contributed by atoms with E-state index in [2.05, 4.69) is 15.1 Å². The molecule has 3 aromatic rings. The lowest BCUT2D eigenvalue weighted by Crippen LogP contribution is -2.48. The second kappa shape index (κ2) is 8.76. The first-order valence-corrected chi connectivity index (χ1v) is 11.9. The third-order valence-electron chi connectivity index (χ3n) is 6.96. The summed E-state index contributed by atoms with van der Waals surface area (Å²) in [5.74, 6) is -0.231. The molecule has 34 heavy (non-hydrogen) atoms. The van der Waals surface area contributed by atoms with E-state index in [4.69, 9.17) is 4.98 Å². The SMILES string of the molecule is Cc1cc([C@@H](C)Nc2ccccc2C(=O)O)c2nc(N3CCN(C4CC4)CC3)c(C)c(=O)n2c1. The molecule has 1 saturated heterocycles. The van der Waals surface area contributed by atoms with Gasteiger partial charge in [-0.1, -0.05) is 12.1 Å². The van der Waals surface area contributed by atoms with Crippen molar-refractivity contribution in [3.63, 3.8) is 0 Å². The van der Waals surface area contributed by atoms with Gasteiger partial charge in [-0.3, -0.25) is 14.1 Å². The van der Waals surface area contributed by atoms with E-state index in [0.29, 0.717) is 16.9 Å². The van der Waals surface area contributed by atoms with Crippen molar-refractivity contribution >= 4 is 23.1 Å². The summed E-state index contributed by atoms with van der Waals surface area (Å²) in [6, 6.07) is 9.36. The van der Waals surface area contributed by atoms with Gasteiger partial charge < -0.3 is 15.3 Å². The number of rotatable bonds is 6. The van der Waals surface area contributed by atoms with Crippen LogP contribution in [-0.4, -0.2) is 57.6 Å². The molecule has 0 unspecified atom stereocenters. The number of hydrogen-bond donors (Lipinski definition) is 2. The minimum absolute atomic E-state index is 0.0623. The second-order valence-corrected chi connectivity index (χ2v) is 9.50. The van der Waals surface area contributed by atoms with Gasteiger partial charge in [-0.25, -0.2) is 9.78 Å². The van der Waals surface area contributed by atoms with Crippen LogP contribution in [0.4, 0.5) is 11.5 Å². The van der Waals surface area contributed by atoms with Crippen molar-refractivity contribution in [2.45, 2.75) is 45.7 Å². The number of anilines is 2. The topological polar surface area (TPSA) is 90.2 Å². The molecule has 0 spiro atoms. The molecule has 2 aromatic heterocycles. The van der Waals surface area contributed by atoms with Crippen molar-refractivity contribution in [3.8, 4) is 0 Å². The molecule has 178 valence electrons. The molecule has 1 atom stereocenters. The summed E-state index contributed by atoms with van der Waals surface area (Å²) >= 11 is 0. The highest BCUT2D eigenvalue weighted by Crippen LogP contribution is 2.30. The quantitative estimate of drug-likeness (QED) is 0.581. The molecule has 2 aliphatic rings. The Morgan fingerprint density at radius 3 is 2.53 bits per heavy atom. The van der Waals surface area contributed by atoms with Crippen LogP contribution in [0.25, 0.3) is 5.65 Å². The molecular weight excluding hydrogens is 430 g/mol. The van der Waals surface area contributed by atoms with Crippen LogP contribution in [0.1, 0.15) is 52.9 Å². The van der Waals surface area contributed by atoms with Crippen molar-refractivity contribution in [3.05, 3.63) is 69.1 Å². The largest absolute Gasteiger partial charge is 0.478 e. The van der Waals surface area contributed by atoms with Crippen molar-refractivity contribution in [1.29, 1.82) is 0 Å². The molecule has 2 N–H and O–H groups in total. The van der Waals surface area contributed by atoms with E-state index in [0.717, 1.165) is 49.2 Å². The highest BCUT2D eigenvalue weighted by atomic mass is 16.4. The van der Waals surface area contributed by atoms with Crippen molar-refractivity contribution < 1.29 is 9.90 Å². The van der Waals surface area contributed by atoms with Gasteiger partial charge in [0.1, 0.15) is 11.5 Å². The molecule has 8 heteroatoms. The van der Waals surface area contributed by atoms with E-state index in [1.54, 1.807) is 28.7 Å². The van der Waals surface area contributed by atoms with Gasteiger partial charge in [0.25, 0.3) is 5.56 Å². The number of fused-ring (bicyclic) bond motifs is 1. The van der Waals surface area contributed by atoms with Gasteiger partial charge in [-0.2, -0.15) is 0 Å². The first-order chi connectivity index (χ1) is 16.3. The molecule has 1 aliphatic carbocycles. The molecule has 8 nitrogen and oxygen atoms in total. The Balaban J connectivity index is 1.53. The number of aromatic carboxylic acids is 1. The fraction of sp³-hybridized carbons (Fsp3) is 0.423. The van der Waals surface area contributed by atoms with Crippen LogP contribution >= 0.6 is 0 Å². The monoisotopic (exact) mass is 461 g/mol. The van der Waals surface area contributed by atoms with Gasteiger partial charge in [-0.15, -0.1) is 0 Å². The summed E-state index contributed by atoms with van der Waals surface area (Å²) in [6.07, 6.45) is 4.42. The third kappa shape index (κ3) is 4.14. The number of carboxylic acid groups (broad SMARTS) is 1. The number of aromatic nitrogens is 2. The number of benzene rings is 1. The molecule has 2 fully saturated rings. The maximum atomic E-state index is 13.4. The van der Waals surface area contributed by atoms with Gasteiger partial charge in [0.15, 0.2) is 0 Å². The predicted octanol–water partition coefficient (Wildman–Crippen LogP) is 3.47. The summed E-state index contributed by atoms with van der Waals surface area (Å²) in [5, 5.41) is 12.9. The summed E-state index contributed by atoms with van der Waals surface area (Å²) in [4.78, 5) is 34.9. The van der Waals surface area contributed by atoms with Crippen LogP contribution in [0.2, 0.25) is 0 Å². The Labute approximate surface area is 198 Å². The zero-order chi connectivity index (χ0) is 24.0. The van der Waals surface area contributed by atoms with Crippen LogP contribution in [0.5, 0.6) is 0 Å². The van der Waals surface area contributed by atoms with E-state index >= 15 is 0 Å². The van der Waals surface area contributed by atoms with E-state index in [-0.39, 0.29) is 17.2 Å². The zero-order valence-corrected chi connectivity index (χ0v) is 19.9. The Morgan fingerprint density at radius 2 is 1.85 bits per heavy atom. The lowest BCUT2D eigenvalue weighted by molar-refractivity contribution is 0.0698. The van der Waals surface area contributed by atoms with Crippen molar-refractivity contribution in [1.82, 2.24) is 14.3 Å². The average Bonchev–Trinajstić information content (AvgIpc) is 3.67. The molecule has 0 bridgehead atoms. The first-order valence-electron chi connectivity index (χ1n) is 11.9. The molecule has 1 aliphatic heterocycles. The minimum Gasteiger partial charge on any atom is -0.478 e. The summed E-state index contributed by atoms with van der Waals surface area (Å²) in [7, 11) is 0. The predicted molar refractivity (Wildman–Crippen MR) is 133 cm³/mol. The number of nitrogens with zero attached hydrogens (tertiary/aromatic N) is 4. The van der Waals surface area contributed by atoms with Gasteiger partial charge in [-0.05, 0) is 57.4 Å². The zero-order valence-electron chi connectivity index (χ0n) is 19.9. The Kier molecular flexibility index (Phi) is 5.77. The van der Waals surface area contributed by atoms with Crippen LogP contribution in [0.15, 0.2) is 41.3 Å². The van der Waals surface area contributed by atoms with E-state index in [1.165, 1.54) is 12.8 Å². The van der Waals surface area contributed by atoms with Crippen molar-refractivity contribution in [2.75, 3.05) is 36.4 Å². The van der Waals surface area contributed by atoms with E-state index in [9.17, 15) is 14.7 Å². The maximum Gasteiger partial charge on any atom is 0.337 e. The number of carbonyl (C=O) groups is 1. The number of nitrogens with one attached hydrogen (secondary N) is 1. The first kappa shape index (κ1) is 22.4. The van der Waals surface area contributed by atoms with Gasteiger partial charge in [0.05, 0.1) is 17.2 Å². The second-order valence-electron chi connectivity index (χ2n) is 9.50. The Bertz CT molecular complexity index is 1310. The van der Waals surface area contributed by atoms with Crippen molar-refractivity contribution in [2.24, 2.45) is 0 Å². The maximum absolute atomic E-state index is 13.4. The fourth-order valence-electron chi connectivity index (χ4n) is 4.96. The van der Waals surface area contributed by atoms with Gasteiger partial charge in [0, 0.05) is 49.7 Å². The normalized spacial score (nSPS) is 17.7. The Morgan fingerprint density at radius 1 is 1.15 bits per heavy atom. The molecular formula is C26H31N5O3. The number of aryl methyl sites for hydroxylation is 1. The highest BCUT2D eigenvalue weighted by Gasteiger charge is 2.32. The number of carboxylic acids is 1. The van der Waals surface area contributed by atoms with E-state index < -0.39 is 5.97 Å². The third-order valence-corrected chi connectivity index (χ3v) is 6.96. The number of hydrogen-bond acceptors (Lipinski definition) is 6. The molecule has 0 radical (unpaired) electrons. The molecule has 0 amide bonds. The molecule has 5 rings (SSSR count). The van der Waals surface area contributed by atoms with Gasteiger partial charge in [0.2, 0.25) is 0 Å². The molecule has 3 heterocycles. The number of piperazine rings is 1. The number of para-hydroxylation sites is 1. The lowest BCUT2D eigenvalue weighted by atomic mass is 10.1. The van der Waals surface area contributed by atoms with Crippen LogP contribution < -0.4 is 15.8 Å². The van der Waals surface area contributed by atoms with Crippen LogP contribution in [-0.2, 0) is 0 Å². The lowest BCUT2D eigenvalue weighted by Gasteiger charge is -2.36. The molecule has 1 aromatic carbocycles. The van der Waals surface area contributed by atoms with Crippen LogP contribution in [0, 0.1) is 13.8 Å². The van der Waals surface area contributed by atoms with Gasteiger partial charge >= 0.3 is 5.97 Å². The highest BCUT2D eigenvalue weighted by molar-refractivity contribution is 5.94. The van der Waals surface area contributed by atoms with Crippen LogP contribution in [0.3, 0.4) is 0 Å². The van der Waals surface area contributed by atoms with E-state index in [1.807, 2.05) is 33.0 Å². The molecule has 1 saturated carbocycles.